The standard InChI is InChI=1S/C7H11N3O2S/c8-7-10-5(4-13-7)3-6(12)9-1-2-11/h4,11H,1-3H2,(H2,8,10)(H,9,12). The zero-order chi connectivity index (χ0) is 9.68. The first-order valence-electron chi connectivity index (χ1n) is 3.80. The third-order valence-corrected chi connectivity index (χ3v) is 2.07. The maximum Gasteiger partial charge on any atom is 0.226 e. The Morgan fingerprint density at radius 3 is 3.08 bits per heavy atom. The van der Waals surface area contributed by atoms with Crippen LogP contribution < -0.4 is 11.1 Å². The van der Waals surface area contributed by atoms with Crippen molar-refractivity contribution in [2.45, 2.75) is 6.42 Å². The van der Waals surface area contributed by atoms with E-state index in [0.29, 0.717) is 10.8 Å². The predicted molar refractivity (Wildman–Crippen MR) is 50.3 cm³/mol. The molecule has 0 saturated carbocycles. The van der Waals surface area contributed by atoms with E-state index >= 15 is 0 Å². The molecule has 0 radical (unpaired) electrons. The lowest BCUT2D eigenvalue weighted by Gasteiger charge is -1.99. The molecule has 6 heteroatoms. The van der Waals surface area contributed by atoms with E-state index in [9.17, 15) is 4.79 Å². The number of aromatic nitrogens is 1. The van der Waals surface area contributed by atoms with Crippen LogP contribution in [-0.2, 0) is 11.2 Å². The minimum Gasteiger partial charge on any atom is -0.395 e. The summed E-state index contributed by atoms with van der Waals surface area (Å²) in [7, 11) is 0. The van der Waals surface area contributed by atoms with Crippen molar-refractivity contribution in [2.75, 3.05) is 18.9 Å². The van der Waals surface area contributed by atoms with E-state index in [4.69, 9.17) is 10.8 Å². The zero-order valence-corrected chi connectivity index (χ0v) is 7.80. The number of hydrogen-bond acceptors (Lipinski definition) is 5. The van der Waals surface area contributed by atoms with Crippen LogP contribution in [0.25, 0.3) is 0 Å². The molecule has 0 aliphatic carbocycles. The largest absolute Gasteiger partial charge is 0.395 e. The molecule has 1 heterocycles. The minimum absolute atomic E-state index is 0.0507. The van der Waals surface area contributed by atoms with Crippen LogP contribution in [0.2, 0.25) is 0 Å². The molecule has 1 aromatic rings. The Balaban J connectivity index is 2.36. The molecule has 1 amide bonds. The van der Waals surface area contributed by atoms with Gasteiger partial charge in [-0.05, 0) is 0 Å². The highest BCUT2D eigenvalue weighted by Gasteiger charge is 2.05. The molecule has 5 nitrogen and oxygen atoms in total. The van der Waals surface area contributed by atoms with Gasteiger partial charge in [0.2, 0.25) is 5.91 Å². The van der Waals surface area contributed by atoms with E-state index in [1.54, 1.807) is 5.38 Å². The molecule has 0 aliphatic rings. The maximum absolute atomic E-state index is 11.1. The number of rotatable bonds is 4. The second-order valence-corrected chi connectivity index (χ2v) is 3.32. The lowest BCUT2D eigenvalue weighted by atomic mass is 10.3. The highest BCUT2D eigenvalue weighted by Crippen LogP contribution is 2.10. The lowest BCUT2D eigenvalue weighted by molar-refractivity contribution is -0.120. The second-order valence-electron chi connectivity index (χ2n) is 2.43. The zero-order valence-electron chi connectivity index (χ0n) is 6.99. The fourth-order valence-electron chi connectivity index (χ4n) is 0.826. The van der Waals surface area contributed by atoms with Crippen molar-refractivity contribution in [3.8, 4) is 0 Å². The number of amides is 1. The summed E-state index contributed by atoms with van der Waals surface area (Å²) in [4.78, 5) is 15.0. The predicted octanol–water partition coefficient (Wildman–Crippen LogP) is -0.624. The SMILES string of the molecule is Nc1nc(CC(=O)NCCO)cs1. The van der Waals surface area contributed by atoms with Crippen LogP contribution in [0, 0.1) is 0 Å². The Kier molecular flexibility index (Phi) is 3.66. The Morgan fingerprint density at radius 2 is 2.54 bits per heavy atom. The number of nitrogen functional groups attached to an aromatic ring is 1. The van der Waals surface area contributed by atoms with Gasteiger partial charge in [0.15, 0.2) is 5.13 Å². The van der Waals surface area contributed by atoms with Gasteiger partial charge in [-0.25, -0.2) is 4.98 Å². The first-order valence-corrected chi connectivity index (χ1v) is 4.68. The number of nitrogens with two attached hydrogens (primary N) is 1. The summed E-state index contributed by atoms with van der Waals surface area (Å²) in [6.45, 7) is 0.226. The van der Waals surface area contributed by atoms with E-state index in [0.717, 1.165) is 0 Å². The van der Waals surface area contributed by atoms with E-state index in [2.05, 4.69) is 10.3 Å². The van der Waals surface area contributed by atoms with Crippen molar-refractivity contribution in [3.63, 3.8) is 0 Å². The molecule has 4 N–H and O–H groups in total. The molecule has 0 aliphatic heterocycles. The molecule has 0 bridgehead atoms. The number of aliphatic hydroxyl groups is 1. The lowest BCUT2D eigenvalue weighted by Crippen LogP contribution is -2.27. The fourth-order valence-corrected chi connectivity index (χ4v) is 1.39. The van der Waals surface area contributed by atoms with Crippen LogP contribution in [0.5, 0.6) is 0 Å². The number of anilines is 1. The van der Waals surface area contributed by atoms with Gasteiger partial charge in [0.25, 0.3) is 0 Å². The van der Waals surface area contributed by atoms with Gasteiger partial charge >= 0.3 is 0 Å². The van der Waals surface area contributed by atoms with Crippen LogP contribution in [0.15, 0.2) is 5.38 Å². The summed E-state index contributed by atoms with van der Waals surface area (Å²) in [5.41, 5.74) is 6.05. The number of aliphatic hydroxyl groups excluding tert-OH is 1. The number of nitrogens with one attached hydrogen (secondary N) is 1. The van der Waals surface area contributed by atoms with Crippen LogP contribution in [0.1, 0.15) is 5.69 Å². The van der Waals surface area contributed by atoms with Gasteiger partial charge in [-0.1, -0.05) is 0 Å². The summed E-state index contributed by atoms with van der Waals surface area (Å²) in [5.74, 6) is -0.153. The molecule has 0 fully saturated rings. The monoisotopic (exact) mass is 201 g/mol. The van der Waals surface area contributed by atoms with E-state index in [1.807, 2.05) is 0 Å². The van der Waals surface area contributed by atoms with Crippen LogP contribution in [-0.4, -0.2) is 29.1 Å². The second kappa shape index (κ2) is 4.78. The van der Waals surface area contributed by atoms with Crippen molar-refractivity contribution in [1.82, 2.24) is 10.3 Å². The number of hydrogen-bond donors (Lipinski definition) is 3. The van der Waals surface area contributed by atoms with Gasteiger partial charge in [-0.15, -0.1) is 11.3 Å². The molecule has 0 spiro atoms. The molecular weight excluding hydrogens is 190 g/mol. The van der Waals surface area contributed by atoms with Gasteiger partial charge in [0, 0.05) is 11.9 Å². The summed E-state index contributed by atoms with van der Waals surface area (Å²) in [6.07, 6.45) is 0.216. The van der Waals surface area contributed by atoms with Crippen LogP contribution in [0.3, 0.4) is 0 Å². The first kappa shape index (κ1) is 9.94. The van der Waals surface area contributed by atoms with Gasteiger partial charge in [0.05, 0.1) is 18.7 Å². The van der Waals surface area contributed by atoms with Crippen molar-refractivity contribution in [3.05, 3.63) is 11.1 Å². The average Bonchev–Trinajstić information content (AvgIpc) is 2.48. The van der Waals surface area contributed by atoms with Crippen molar-refractivity contribution in [2.24, 2.45) is 0 Å². The molecule has 0 atom stereocenters. The quantitative estimate of drug-likeness (QED) is 0.605. The Morgan fingerprint density at radius 1 is 1.77 bits per heavy atom. The Bertz CT molecular complexity index is 287. The molecular formula is C7H11N3O2S. The molecule has 1 aromatic heterocycles. The third kappa shape index (κ3) is 3.39. The number of nitrogens with zero attached hydrogens (tertiary/aromatic N) is 1. The van der Waals surface area contributed by atoms with Gasteiger partial charge in [0.1, 0.15) is 0 Å². The van der Waals surface area contributed by atoms with Gasteiger partial charge < -0.3 is 16.2 Å². The topological polar surface area (TPSA) is 88.2 Å². The Hall–Kier alpha value is -1.14. The minimum atomic E-state index is -0.153. The molecule has 13 heavy (non-hydrogen) atoms. The average molecular weight is 201 g/mol. The first-order chi connectivity index (χ1) is 6.22. The summed E-state index contributed by atoms with van der Waals surface area (Å²) in [6, 6.07) is 0. The normalized spacial score (nSPS) is 9.92. The number of thiazole rings is 1. The highest BCUT2D eigenvalue weighted by molar-refractivity contribution is 7.13. The molecule has 0 unspecified atom stereocenters. The van der Waals surface area contributed by atoms with Crippen molar-refractivity contribution < 1.29 is 9.90 Å². The highest BCUT2D eigenvalue weighted by atomic mass is 32.1. The van der Waals surface area contributed by atoms with E-state index in [1.165, 1.54) is 11.3 Å². The molecule has 0 aromatic carbocycles. The Labute approximate surface area is 79.6 Å². The molecule has 1 rings (SSSR count). The number of carbonyl (C=O) groups excluding carboxylic acids is 1. The van der Waals surface area contributed by atoms with Crippen molar-refractivity contribution >= 4 is 22.4 Å². The van der Waals surface area contributed by atoms with Crippen LogP contribution in [0.4, 0.5) is 5.13 Å². The summed E-state index contributed by atoms with van der Waals surface area (Å²) in [5, 5.41) is 13.2. The van der Waals surface area contributed by atoms with Gasteiger partial charge in [-0.2, -0.15) is 0 Å². The third-order valence-electron chi connectivity index (χ3n) is 1.35. The van der Waals surface area contributed by atoms with E-state index in [-0.39, 0.29) is 25.5 Å². The summed E-state index contributed by atoms with van der Waals surface area (Å²) >= 11 is 1.31. The molecule has 72 valence electrons. The van der Waals surface area contributed by atoms with Crippen molar-refractivity contribution in [1.29, 1.82) is 0 Å². The summed E-state index contributed by atoms with van der Waals surface area (Å²) < 4.78 is 0. The van der Waals surface area contributed by atoms with E-state index < -0.39 is 0 Å². The van der Waals surface area contributed by atoms with Crippen LogP contribution >= 0.6 is 11.3 Å². The molecule has 0 saturated heterocycles. The smallest absolute Gasteiger partial charge is 0.226 e. The fraction of sp³-hybridized carbons (Fsp3) is 0.429. The number of carbonyl (C=O) groups is 1. The maximum atomic E-state index is 11.1. The van der Waals surface area contributed by atoms with Gasteiger partial charge in [-0.3, -0.25) is 4.79 Å².